The van der Waals surface area contributed by atoms with Gasteiger partial charge < -0.3 is 9.47 Å². The number of hydrogen-bond donors (Lipinski definition) is 0. The lowest BCUT2D eigenvalue weighted by molar-refractivity contribution is 0.0598. The monoisotopic (exact) mass is 473 g/mol. The molecule has 168 valence electrons. The van der Waals surface area contributed by atoms with Crippen LogP contribution < -0.4 is 4.74 Å². The molecule has 3 heterocycles. The Morgan fingerprint density at radius 2 is 2.09 bits per heavy atom. The van der Waals surface area contributed by atoms with Crippen molar-refractivity contribution >= 4 is 29.3 Å². The number of ether oxygens (including phenoxy) is 2. The van der Waals surface area contributed by atoms with E-state index < -0.39 is 0 Å². The first kappa shape index (κ1) is 21.3. The number of carbonyl (C=O) groups excluding carboxylic acids is 1. The minimum atomic E-state index is -0.318. The van der Waals surface area contributed by atoms with Gasteiger partial charge >= 0.3 is 5.97 Å². The van der Waals surface area contributed by atoms with E-state index in [9.17, 15) is 4.79 Å². The zero-order valence-corrected chi connectivity index (χ0v) is 19.4. The Labute approximate surface area is 195 Å². The summed E-state index contributed by atoms with van der Waals surface area (Å²) in [4.78, 5) is 12.5. The third-order valence-corrected chi connectivity index (χ3v) is 7.00. The number of esters is 1. The number of carbonyl (C=O) groups is 1. The van der Waals surface area contributed by atoms with Crippen molar-refractivity contribution in [2.24, 2.45) is 0 Å². The third-order valence-electron chi connectivity index (χ3n) is 5.73. The Bertz CT molecular complexity index is 1140. The van der Waals surface area contributed by atoms with Crippen LogP contribution in [0.3, 0.4) is 0 Å². The first-order valence-corrected chi connectivity index (χ1v) is 12.1. The second-order valence-electron chi connectivity index (χ2n) is 7.95. The molecule has 32 heavy (non-hydrogen) atoms. The molecule has 10 heteroatoms. The van der Waals surface area contributed by atoms with E-state index in [2.05, 4.69) is 14.8 Å². The maximum atomic E-state index is 12.5. The molecule has 2 aromatic heterocycles. The number of rotatable bonds is 8. The maximum absolute atomic E-state index is 12.5. The van der Waals surface area contributed by atoms with E-state index in [0.717, 1.165) is 61.0 Å². The molecular formula is C22H24ClN5O3S. The highest BCUT2D eigenvalue weighted by Gasteiger charge is 2.31. The van der Waals surface area contributed by atoms with Crippen molar-refractivity contribution in [3.05, 3.63) is 52.1 Å². The zero-order valence-electron chi connectivity index (χ0n) is 17.8. The van der Waals surface area contributed by atoms with Crippen molar-refractivity contribution in [1.82, 2.24) is 24.5 Å². The van der Waals surface area contributed by atoms with Crippen LogP contribution in [0.2, 0.25) is 5.02 Å². The van der Waals surface area contributed by atoms with Gasteiger partial charge in [-0.1, -0.05) is 35.5 Å². The van der Waals surface area contributed by atoms with E-state index in [0.29, 0.717) is 34.7 Å². The Morgan fingerprint density at radius 1 is 1.25 bits per heavy atom. The van der Waals surface area contributed by atoms with Crippen LogP contribution in [-0.4, -0.2) is 37.6 Å². The number of methoxy groups -OCH3 is 1. The van der Waals surface area contributed by atoms with Gasteiger partial charge in [0.2, 0.25) is 0 Å². The minimum Gasteiger partial charge on any atom is -0.484 e. The first-order valence-electron chi connectivity index (χ1n) is 10.8. The number of nitrogens with zero attached hydrogens (tertiary/aromatic N) is 5. The smallest absolute Gasteiger partial charge is 0.341 e. The molecule has 0 spiro atoms. The molecule has 0 atom stereocenters. The van der Waals surface area contributed by atoms with Gasteiger partial charge in [-0.05, 0) is 44.2 Å². The molecule has 0 amide bonds. The normalized spacial score (nSPS) is 15.4. The summed E-state index contributed by atoms with van der Waals surface area (Å²) >= 11 is 7.75. The molecule has 1 aliphatic heterocycles. The number of benzene rings is 1. The first-order chi connectivity index (χ1) is 15.7. The standard InChI is InChI=1S/C22H24ClN5O3S/c1-30-21(29)20-16(26-27-11-5-4-7-17(20)27)13-32-22-25-24-19(28(22)14-9-10-14)12-31-18-8-3-2-6-15(18)23/h2-3,6,8,14H,4-5,7,9-13H2,1H3. The zero-order chi connectivity index (χ0) is 22.1. The SMILES string of the molecule is COC(=O)c1c(CSc2nnc(COc3ccccc3Cl)n2C2CC2)nn2c1CCCC2. The average Bonchev–Trinajstić information content (AvgIpc) is 3.46. The average molecular weight is 474 g/mol. The molecule has 1 aromatic carbocycles. The van der Waals surface area contributed by atoms with Gasteiger partial charge in [-0.2, -0.15) is 5.10 Å². The summed E-state index contributed by atoms with van der Waals surface area (Å²) in [5.74, 6) is 1.61. The number of aromatic nitrogens is 5. The predicted octanol–water partition coefficient (Wildman–Crippen LogP) is 4.46. The van der Waals surface area contributed by atoms with Crippen molar-refractivity contribution in [2.75, 3.05) is 7.11 Å². The van der Waals surface area contributed by atoms with Gasteiger partial charge in [-0.15, -0.1) is 10.2 Å². The lowest BCUT2D eigenvalue weighted by Gasteiger charge is -2.13. The minimum absolute atomic E-state index is 0.292. The lowest BCUT2D eigenvalue weighted by atomic mass is 10.1. The Morgan fingerprint density at radius 3 is 2.88 bits per heavy atom. The van der Waals surface area contributed by atoms with Crippen molar-refractivity contribution in [3.8, 4) is 5.75 Å². The third kappa shape index (κ3) is 4.23. The van der Waals surface area contributed by atoms with E-state index in [1.807, 2.05) is 22.9 Å². The number of thioether (sulfide) groups is 1. The van der Waals surface area contributed by atoms with Gasteiger partial charge in [0, 0.05) is 18.3 Å². The molecule has 0 radical (unpaired) electrons. The van der Waals surface area contributed by atoms with Crippen molar-refractivity contribution in [3.63, 3.8) is 0 Å². The highest BCUT2D eigenvalue weighted by Crippen LogP contribution is 2.40. The number of para-hydroxylation sites is 1. The molecule has 8 nitrogen and oxygen atoms in total. The quantitative estimate of drug-likeness (QED) is 0.353. The summed E-state index contributed by atoms with van der Waals surface area (Å²) in [6, 6.07) is 7.77. The molecule has 5 rings (SSSR count). The Balaban J connectivity index is 1.35. The van der Waals surface area contributed by atoms with Crippen LogP contribution in [0.25, 0.3) is 0 Å². The van der Waals surface area contributed by atoms with Gasteiger partial charge in [0.25, 0.3) is 0 Å². The van der Waals surface area contributed by atoms with E-state index in [1.165, 1.54) is 7.11 Å². The summed E-state index contributed by atoms with van der Waals surface area (Å²) in [5, 5.41) is 14.9. The summed E-state index contributed by atoms with van der Waals surface area (Å²) in [7, 11) is 1.42. The summed E-state index contributed by atoms with van der Waals surface area (Å²) in [5.41, 5.74) is 2.34. The van der Waals surface area contributed by atoms with Crippen LogP contribution in [0.4, 0.5) is 0 Å². The fraction of sp³-hybridized carbons (Fsp3) is 0.455. The van der Waals surface area contributed by atoms with Gasteiger partial charge in [0.15, 0.2) is 11.0 Å². The molecule has 1 fully saturated rings. The van der Waals surface area contributed by atoms with E-state index in [-0.39, 0.29) is 5.97 Å². The van der Waals surface area contributed by atoms with E-state index >= 15 is 0 Å². The maximum Gasteiger partial charge on any atom is 0.341 e. The predicted molar refractivity (Wildman–Crippen MR) is 120 cm³/mol. The van der Waals surface area contributed by atoms with Crippen molar-refractivity contribution < 1.29 is 14.3 Å². The molecule has 0 unspecified atom stereocenters. The van der Waals surface area contributed by atoms with Crippen LogP contribution in [0.5, 0.6) is 5.75 Å². The van der Waals surface area contributed by atoms with Crippen molar-refractivity contribution in [1.29, 1.82) is 0 Å². The molecule has 2 aliphatic rings. The molecule has 0 N–H and O–H groups in total. The molecular weight excluding hydrogens is 450 g/mol. The van der Waals surface area contributed by atoms with Gasteiger partial charge in [-0.3, -0.25) is 9.25 Å². The highest BCUT2D eigenvalue weighted by molar-refractivity contribution is 7.98. The number of halogens is 1. The van der Waals surface area contributed by atoms with Gasteiger partial charge in [0.05, 0.1) is 23.5 Å². The van der Waals surface area contributed by atoms with Crippen LogP contribution in [-0.2, 0) is 30.1 Å². The topological polar surface area (TPSA) is 84.1 Å². The highest BCUT2D eigenvalue weighted by atomic mass is 35.5. The number of aryl methyl sites for hydroxylation is 1. The van der Waals surface area contributed by atoms with Crippen LogP contribution in [0.15, 0.2) is 29.4 Å². The second-order valence-corrected chi connectivity index (χ2v) is 9.30. The summed E-state index contributed by atoms with van der Waals surface area (Å²) < 4.78 is 15.1. The molecule has 3 aromatic rings. The summed E-state index contributed by atoms with van der Waals surface area (Å²) in [6.07, 6.45) is 5.18. The molecule has 0 bridgehead atoms. The molecule has 1 saturated carbocycles. The number of fused-ring (bicyclic) bond motifs is 1. The Hall–Kier alpha value is -2.52. The van der Waals surface area contributed by atoms with E-state index in [4.69, 9.17) is 26.2 Å². The lowest BCUT2D eigenvalue weighted by Crippen LogP contribution is -2.14. The van der Waals surface area contributed by atoms with Crippen molar-refractivity contribution in [2.45, 2.75) is 62.2 Å². The van der Waals surface area contributed by atoms with Gasteiger partial charge in [0.1, 0.15) is 17.9 Å². The van der Waals surface area contributed by atoms with Crippen LogP contribution in [0.1, 0.15) is 59.3 Å². The second kappa shape index (κ2) is 9.15. The fourth-order valence-corrected chi connectivity index (χ4v) is 5.17. The molecule has 0 saturated heterocycles. The van der Waals surface area contributed by atoms with Crippen LogP contribution >= 0.6 is 23.4 Å². The number of hydrogen-bond acceptors (Lipinski definition) is 7. The fourth-order valence-electron chi connectivity index (χ4n) is 4.02. The van der Waals surface area contributed by atoms with Crippen LogP contribution in [0, 0.1) is 0 Å². The largest absolute Gasteiger partial charge is 0.484 e. The van der Waals surface area contributed by atoms with E-state index in [1.54, 1.807) is 17.8 Å². The Kier molecular flexibility index (Phi) is 6.10. The molecule has 1 aliphatic carbocycles. The summed E-state index contributed by atoms with van der Waals surface area (Å²) in [6.45, 7) is 1.13. The van der Waals surface area contributed by atoms with Gasteiger partial charge in [-0.25, -0.2) is 4.79 Å².